The summed E-state index contributed by atoms with van der Waals surface area (Å²) >= 11 is 0. The highest BCUT2D eigenvalue weighted by atomic mass is 16.5. The fraction of sp³-hybridized carbons (Fsp3) is 0.714. The molecule has 1 aromatic rings. The summed E-state index contributed by atoms with van der Waals surface area (Å²) in [6, 6.07) is 0. The first-order valence-corrected chi connectivity index (χ1v) is 7.06. The number of nitrogens with zero attached hydrogens (tertiary/aromatic N) is 3. The molecule has 6 heteroatoms. The van der Waals surface area contributed by atoms with Gasteiger partial charge in [-0.1, -0.05) is 0 Å². The standard InChI is InChI=1S/C14H24N4O2/c1-10-14(11(2)17(3)16-10)15-13(19)9-18-7-5-12(20-4)6-8-18/h12H,5-9H2,1-4H3,(H,15,19). The summed E-state index contributed by atoms with van der Waals surface area (Å²) in [6.45, 7) is 6.13. The summed E-state index contributed by atoms with van der Waals surface area (Å²) in [6.07, 6.45) is 2.33. The van der Waals surface area contributed by atoms with Gasteiger partial charge in [0.15, 0.2) is 0 Å². The molecule has 0 atom stereocenters. The predicted octanol–water partition coefficient (Wildman–Crippen LogP) is 1.09. The first-order valence-electron chi connectivity index (χ1n) is 7.06. The molecule has 0 aliphatic carbocycles. The highest BCUT2D eigenvalue weighted by molar-refractivity contribution is 5.93. The molecule has 0 saturated carbocycles. The quantitative estimate of drug-likeness (QED) is 0.897. The molecule has 0 aromatic carbocycles. The molecule has 1 fully saturated rings. The largest absolute Gasteiger partial charge is 0.381 e. The summed E-state index contributed by atoms with van der Waals surface area (Å²) in [5, 5.41) is 7.28. The Bertz CT molecular complexity index is 476. The van der Waals surface area contributed by atoms with E-state index in [1.807, 2.05) is 20.9 Å². The van der Waals surface area contributed by atoms with E-state index in [1.54, 1.807) is 11.8 Å². The molecule has 1 saturated heterocycles. The van der Waals surface area contributed by atoms with Crippen LogP contribution in [0.1, 0.15) is 24.2 Å². The van der Waals surface area contributed by atoms with Crippen LogP contribution in [0, 0.1) is 13.8 Å². The van der Waals surface area contributed by atoms with Crippen molar-refractivity contribution in [3.8, 4) is 0 Å². The van der Waals surface area contributed by atoms with Crippen LogP contribution in [0.5, 0.6) is 0 Å². The number of hydrogen-bond donors (Lipinski definition) is 1. The summed E-state index contributed by atoms with van der Waals surface area (Å²) in [4.78, 5) is 14.3. The van der Waals surface area contributed by atoms with E-state index in [1.165, 1.54) is 0 Å². The van der Waals surface area contributed by atoms with Crippen molar-refractivity contribution in [1.29, 1.82) is 0 Å². The maximum atomic E-state index is 12.1. The lowest BCUT2D eigenvalue weighted by Crippen LogP contribution is -2.41. The summed E-state index contributed by atoms with van der Waals surface area (Å²) in [5.41, 5.74) is 2.68. The summed E-state index contributed by atoms with van der Waals surface area (Å²) < 4.78 is 7.12. The van der Waals surface area contributed by atoms with Crippen molar-refractivity contribution in [1.82, 2.24) is 14.7 Å². The molecule has 1 aliphatic heterocycles. The summed E-state index contributed by atoms with van der Waals surface area (Å²) in [7, 11) is 3.63. The van der Waals surface area contributed by atoms with Crippen LogP contribution in [0.2, 0.25) is 0 Å². The minimum atomic E-state index is 0.0278. The average molecular weight is 280 g/mol. The zero-order valence-corrected chi connectivity index (χ0v) is 12.8. The van der Waals surface area contributed by atoms with Gasteiger partial charge in [-0.2, -0.15) is 5.10 Å². The van der Waals surface area contributed by atoms with Gasteiger partial charge in [-0.3, -0.25) is 14.4 Å². The lowest BCUT2D eigenvalue weighted by Gasteiger charge is -2.30. The van der Waals surface area contributed by atoms with Crippen LogP contribution in [0.15, 0.2) is 0 Å². The van der Waals surface area contributed by atoms with Gasteiger partial charge >= 0.3 is 0 Å². The molecule has 1 N–H and O–H groups in total. The van der Waals surface area contributed by atoms with E-state index in [2.05, 4.69) is 15.3 Å². The molecule has 0 unspecified atom stereocenters. The molecule has 112 valence electrons. The zero-order valence-electron chi connectivity index (χ0n) is 12.8. The van der Waals surface area contributed by atoms with Gasteiger partial charge in [-0.15, -0.1) is 0 Å². The number of rotatable bonds is 4. The molecule has 1 aromatic heterocycles. The van der Waals surface area contributed by atoms with Crippen LogP contribution in [0.4, 0.5) is 5.69 Å². The number of carbonyl (C=O) groups excluding carboxylic acids is 1. The number of nitrogens with one attached hydrogen (secondary N) is 1. The number of likely N-dealkylation sites (tertiary alicyclic amines) is 1. The van der Waals surface area contributed by atoms with Gasteiger partial charge in [0.1, 0.15) is 0 Å². The van der Waals surface area contributed by atoms with Gasteiger partial charge in [0.25, 0.3) is 0 Å². The molecular weight excluding hydrogens is 256 g/mol. The Kier molecular flexibility index (Phi) is 4.77. The van der Waals surface area contributed by atoms with Crippen molar-refractivity contribution in [3.05, 3.63) is 11.4 Å². The van der Waals surface area contributed by atoms with E-state index in [0.29, 0.717) is 12.6 Å². The smallest absolute Gasteiger partial charge is 0.238 e. The van der Waals surface area contributed by atoms with E-state index < -0.39 is 0 Å². The Morgan fingerprint density at radius 2 is 2.05 bits per heavy atom. The topological polar surface area (TPSA) is 59.4 Å². The van der Waals surface area contributed by atoms with Crippen molar-refractivity contribution in [2.45, 2.75) is 32.8 Å². The predicted molar refractivity (Wildman–Crippen MR) is 77.8 cm³/mol. The molecule has 20 heavy (non-hydrogen) atoms. The fourth-order valence-electron chi connectivity index (χ4n) is 2.64. The first kappa shape index (κ1) is 15.0. The molecule has 0 spiro atoms. The third-order valence-electron chi connectivity index (χ3n) is 4.01. The number of aryl methyl sites for hydroxylation is 2. The highest BCUT2D eigenvalue weighted by Gasteiger charge is 2.21. The zero-order chi connectivity index (χ0) is 14.7. The molecular formula is C14H24N4O2. The molecule has 6 nitrogen and oxygen atoms in total. The minimum absolute atomic E-state index is 0.0278. The fourth-order valence-corrected chi connectivity index (χ4v) is 2.64. The number of amides is 1. The van der Waals surface area contributed by atoms with E-state index in [4.69, 9.17) is 4.74 Å². The Labute approximate surface area is 120 Å². The van der Waals surface area contributed by atoms with Gasteiger partial charge in [0.2, 0.25) is 5.91 Å². The number of ether oxygens (including phenoxy) is 1. The molecule has 2 heterocycles. The van der Waals surface area contributed by atoms with Crippen molar-refractivity contribution < 1.29 is 9.53 Å². The van der Waals surface area contributed by atoms with Crippen LogP contribution in [-0.4, -0.2) is 53.4 Å². The van der Waals surface area contributed by atoms with E-state index in [-0.39, 0.29) is 5.91 Å². The van der Waals surface area contributed by atoms with Gasteiger partial charge in [-0.05, 0) is 26.7 Å². The van der Waals surface area contributed by atoms with Crippen LogP contribution in [0.25, 0.3) is 0 Å². The second kappa shape index (κ2) is 6.37. The van der Waals surface area contributed by atoms with E-state index >= 15 is 0 Å². The number of hydrogen-bond acceptors (Lipinski definition) is 4. The maximum absolute atomic E-state index is 12.1. The highest BCUT2D eigenvalue weighted by Crippen LogP contribution is 2.18. The molecule has 0 bridgehead atoms. The van der Waals surface area contributed by atoms with Crippen molar-refractivity contribution in [2.24, 2.45) is 7.05 Å². The van der Waals surface area contributed by atoms with E-state index in [0.717, 1.165) is 43.0 Å². The minimum Gasteiger partial charge on any atom is -0.381 e. The third-order valence-corrected chi connectivity index (χ3v) is 4.01. The maximum Gasteiger partial charge on any atom is 0.238 e. The van der Waals surface area contributed by atoms with Gasteiger partial charge < -0.3 is 10.1 Å². The second-order valence-corrected chi connectivity index (χ2v) is 5.43. The van der Waals surface area contributed by atoms with Crippen LogP contribution in [-0.2, 0) is 16.6 Å². The monoisotopic (exact) mass is 280 g/mol. The summed E-state index contributed by atoms with van der Waals surface area (Å²) in [5.74, 6) is 0.0278. The SMILES string of the molecule is COC1CCN(CC(=O)Nc2c(C)nn(C)c2C)CC1. The van der Waals surface area contributed by atoms with Gasteiger partial charge in [0.05, 0.1) is 29.7 Å². The van der Waals surface area contributed by atoms with Crippen molar-refractivity contribution in [2.75, 3.05) is 32.1 Å². The number of methoxy groups -OCH3 is 1. The van der Waals surface area contributed by atoms with Crippen LogP contribution >= 0.6 is 0 Å². The second-order valence-electron chi connectivity index (χ2n) is 5.43. The Balaban J connectivity index is 1.87. The van der Waals surface area contributed by atoms with Crippen LogP contribution < -0.4 is 5.32 Å². The molecule has 2 rings (SSSR count). The Morgan fingerprint density at radius 1 is 1.40 bits per heavy atom. The lowest BCUT2D eigenvalue weighted by molar-refractivity contribution is -0.117. The van der Waals surface area contributed by atoms with Gasteiger partial charge in [-0.25, -0.2) is 0 Å². The van der Waals surface area contributed by atoms with E-state index in [9.17, 15) is 4.79 Å². The molecule has 1 aliphatic rings. The van der Waals surface area contributed by atoms with Crippen molar-refractivity contribution >= 4 is 11.6 Å². The molecule has 1 amide bonds. The van der Waals surface area contributed by atoms with Crippen LogP contribution in [0.3, 0.4) is 0 Å². The Morgan fingerprint density at radius 3 is 2.55 bits per heavy atom. The third kappa shape index (κ3) is 3.37. The van der Waals surface area contributed by atoms with Crippen molar-refractivity contribution in [3.63, 3.8) is 0 Å². The average Bonchev–Trinajstić information content (AvgIpc) is 2.66. The number of anilines is 1. The number of piperidine rings is 1. The number of aromatic nitrogens is 2. The van der Waals surface area contributed by atoms with Gasteiger partial charge in [0, 0.05) is 27.2 Å². The Hall–Kier alpha value is -1.40. The lowest BCUT2D eigenvalue weighted by atomic mass is 10.1. The normalized spacial score (nSPS) is 17.4. The molecule has 0 radical (unpaired) electrons. The first-order chi connectivity index (χ1) is 9.51. The number of carbonyl (C=O) groups is 1.